The molecule has 0 N–H and O–H groups in total. The van der Waals surface area contributed by atoms with Crippen molar-refractivity contribution in [1.29, 1.82) is 0 Å². The maximum Gasteiger partial charge on any atom is 0.134 e. The molecule has 0 amide bonds. The van der Waals surface area contributed by atoms with E-state index in [4.69, 9.17) is 4.74 Å². The SMILES string of the molecule is CCOc1ccc(C=CCC=O)c(F)c1. The zero-order chi connectivity index (χ0) is 11.1. The fourth-order valence-corrected chi connectivity index (χ4v) is 1.15. The second-order valence-electron chi connectivity index (χ2n) is 2.92. The van der Waals surface area contributed by atoms with Crippen LogP contribution in [-0.4, -0.2) is 12.9 Å². The first-order chi connectivity index (χ1) is 7.27. The summed E-state index contributed by atoms with van der Waals surface area (Å²) in [5, 5.41) is 0. The highest BCUT2D eigenvalue weighted by molar-refractivity contribution is 5.58. The Labute approximate surface area is 88.4 Å². The molecule has 1 aromatic rings. The standard InChI is InChI=1S/C12H13FO2/c1-2-15-11-7-6-10(12(13)9-11)5-3-4-8-14/h3,5-9H,2,4H2,1H3. The molecule has 0 radical (unpaired) electrons. The zero-order valence-electron chi connectivity index (χ0n) is 8.57. The van der Waals surface area contributed by atoms with Gasteiger partial charge in [-0.25, -0.2) is 4.39 Å². The smallest absolute Gasteiger partial charge is 0.134 e. The Morgan fingerprint density at radius 1 is 1.47 bits per heavy atom. The summed E-state index contributed by atoms with van der Waals surface area (Å²) in [5.41, 5.74) is 0.459. The molecule has 0 spiro atoms. The number of benzene rings is 1. The lowest BCUT2D eigenvalue weighted by Gasteiger charge is -2.03. The molecular formula is C12H13FO2. The van der Waals surface area contributed by atoms with E-state index in [9.17, 15) is 9.18 Å². The van der Waals surface area contributed by atoms with E-state index in [1.165, 1.54) is 6.07 Å². The van der Waals surface area contributed by atoms with Gasteiger partial charge in [0.25, 0.3) is 0 Å². The summed E-state index contributed by atoms with van der Waals surface area (Å²) < 4.78 is 18.5. The normalized spacial score (nSPS) is 10.5. The summed E-state index contributed by atoms with van der Waals surface area (Å²) in [4.78, 5) is 10.1. The molecule has 3 heteroatoms. The van der Waals surface area contributed by atoms with Crippen LogP contribution in [0.5, 0.6) is 5.75 Å². The van der Waals surface area contributed by atoms with Crippen molar-refractivity contribution in [2.45, 2.75) is 13.3 Å². The first-order valence-electron chi connectivity index (χ1n) is 4.80. The van der Waals surface area contributed by atoms with Crippen LogP contribution >= 0.6 is 0 Å². The van der Waals surface area contributed by atoms with Gasteiger partial charge in [0.15, 0.2) is 0 Å². The summed E-state index contributed by atoms with van der Waals surface area (Å²) in [6.45, 7) is 2.36. The van der Waals surface area contributed by atoms with Gasteiger partial charge < -0.3 is 9.53 Å². The van der Waals surface area contributed by atoms with E-state index in [0.29, 0.717) is 24.3 Å². The lowest BCUT2D eigenvalue weighted by Crippen LogP contribution is -1.92. The van der Waals surface area contributed by atoms with Crippen molar-refractivity contribution >= 4 is 12.4 Å². The van der Waals surface area contributed by atoms with Crippen molar-refractivity contribution < 1.29 is 13.9 Å². The first kappa shape index (κ1) is 11.4. The first-order valence-corrected chi connectivity index (χ1v) is 4.80. The molecule has 0 heterocycles. The van der Waals surface area contributed by atoms with E-state index in [1.807, 2.05) is 6.92 Å². The number of ether oxygens (including phenoxy) is 1. The highest BCUT2D eigenvalue weighted by Gasteiger charge is 2.00. The largest absolute Gasteiger partial charge is 0.494 e. The number of aldehydes is 1. The van der Waals surface area contributed by atoms with Crippen LogP contribution in [-0.2, 0) is 4.79 Å². The third kappa shape index (κ3) is 3.54. The molecule has 80 valence electrons. The van der Waals surface area contributed by atoms with Gasteiger partial charge in [-0.15, -0.1) is 0 Å². The lowest BCUT2D eigenvalue weighted by atomic mass is 10.2. The van der Waals surface area contributed by atoms with Crippen LogP contribution in [0.2, 0.25) is 0 Å². The van der Waals surface area contributed by atoms with Crippen molar-refractivity contribution in [2.75, 3.05) is 6.61 Å². The third-order valence-corrected chi connectivity index (χ3v) is 1.81. The molecule has 1 aromatic carbocycles. The van der Waals surface area contributed by atoms with E-state index >= 15 is 0 Å². The van der Waals surface area contributed by atoms with Gasteiger partial charge in [0.05, 0.1) is 6.61 Å². The number of halogens is 1. The summed E-state index contributed by atoms with van der Waals surface area (Å²) in [5.74, 6) is 0.172. The molecule has 0 saturated heterocycles. The average molecular weight is 208 g/mol. The van der Waals surface area contributed by atoms with E-state index in [1.54, 1.807) is 24.3 Å². The van der Waals surface area contributed by atoms with E-state index in [-0.39, 0.29) is 5.82 Å². The highest BCUT2D eigenvalue weighted by Crippen LogP contribution is 2.17. The Morgan fingerprint density at radius 2 is 2.27 bits per heavy atom. The molecule has 0 aliphatic heterocycles. The minimum absolute atomic E-state index is 0.298. The fraction of sp³-hybridized carbons (Fsp3) is 0.250. The van der Waals surface area contributed by atoms with Crippen LogP contribution in [0.3, 0.4) is 0 Å². The number of carbonyl (C=O) groups excluding carboxylic acids is 1. The quantitative estimate of drug-likeness (QED) is 0.695. The van der Waals surface area contributed by atoms with Gasteiger partial charge >= 0.3 is 0 Å². The van der Waals surface area contributed by atoms with Gasteiger partial charge in [-0.3, -0.25) is 0 Å². The summed E-state index contributed by atoms with van der Waals surface area (Å²) in [7, 11) is 0. The summed E-state index contributed by atoms with van der Waals surface area (Å²) in [6, 6.07) is 4.67. The number of rotatable bonds is 5. The predicted molar refractivity (Wildman–Crippen MR) is 57.3 cm³/mol. The van der Waals surface area contributed by atoms with Crippen LogP contribution < -0.4 is 4.74 Å². The van der Waals surface area contributed by atoms with Crippen molar-refractivity contribution in [3.05, 3.63) is 35.7 Å². The molecule has 0 saturated carbocycles. The zero-order valence-corrected chi connectivity index (χ0v) is 8.57. The second-order valence-corrected chi connectivity index (χ2v) is 2.92. The molecule has 1 rings (SSSR count). The molecule has 0 unspecified atom stereocenters. The Bertz CT molecular complexity index is 359. The van der Waals surface area contributed by atoms with E-state index in [0.717, 1.165) is 6.29 Å². The van der Waals surface area contributed by atoms with Gasteiger partial charge in [-0.05, 0) is 19.1 Å². The van der Waals surface area contributed by atoms with Gasteiger partial charge in [0.1, 0.15) is 17.9 Å². The minimum atomic E-state index is -0.344. The molecule has 2 nitrogen and oxygen atoms in total. The summed E-state index contributed by atoms with van der Waals surface area (Å²) in [6.07, 6.45) is 4.26. The molecule has 0 aliphatic carbocycles. The van der Waals surface area contributed by atoms with Gasteiger partial charge in [0.2, 0.25) is 0 Å². The summed E-state index contributed by atoms with van der Waals surface area (Å²) >= 11 is 0. The molecule has 0 fully saturated rings. The predicted octanol–water partition coefficient (Wildman–Crippen LogP) is 2.83. The number of hydrogen-bond donors (Lipinski definition) is 0. The molecule has 0 bridgehead atoms. The van der Waals surface area contributed by atoms with Crippen LogP contribution in [0.1, 0.15) is 18.9 Å². The van der Waals surface area contributed by atoms with Crippen molar-refractivity contribution in [2.24, 2.45) is 0 Å². The number of carbonyl (C=O) groups is 1. The van der Waals surface area contributed by atoms with Crippen molar-refractivity contribution in [3.63, 3.8) is 0 Å². The molecule has 0 atom stereocenters. The Kier molecular flexibility index (Phi) is 4.54. The Morgan fingerprint density at radius 3 is 2.87 bits per heavy atom. The van der Waals surface area contributed by atoms with Crippen LogP contribution in [0.15, 0.2) is 24.3 Å². The lowest BCUT2D eigenvalue weighted by molar-refractivity contribution is -0.107. The molecular weight excluding hydrogens is 195 g/mol. The van der Waals surface area contributed by atoms with Crippen molar-refractivity contribution in [3.8, 4) is 5.75 Å². The maximum absolute atomic E-state index is 13.4. The Balaban J connectivity index is 2.78. The fourth-order valence-electron chi connectivity index (χ4n) is 1.15. The van der Waals surface area contributed by atoms with E-state index in [2.05, 4.69) is 0 Å². The monoisotopic (exact) mass is 208 g/mol. The topological polar surface area (TPSA) is 26.3 Å². The Hall–Kier alpha value is -1.64. The van der Waals surface area contributed by atoms with Crippen molar-refractivity contribution in [1.82, 2.24) is 0 Å². The average Bonchev–Trinajstić information content (AvgIpc) is 2.22. The van der Waals surface area contributed by atoms with Crippen LogP contribution in [0.4, 0.5) is 4.39 Å². The molecule has 0 aliphatic rings. The molecule has 0 aromatic heterocycles. The van der Waals surface area contributed by atoms with E-state index < -0.39 is 0 Å². The third-order valence-electron chi connectivity index (χ3n) is 1.81. The second kappa shape index (κ2) is 5.96. The number of hydrogen-bond acceptors (Lipinski definition) is 2. The minimum Gasteiger partial charge on any atom is -0.494 e. The number of allylic oxidation sites excluding steroid dienone is 1. The highest BCUT2D eigenvalue weighted by atomic mass is 19.1. The van der Waals surface area contributed by atoms with Gasteiger partial charge in [0, 0.05) is 18.1 Å². The van der Waals surface area contributed by atoms with Gasteiger partial charge in [-0.1, -0.05) is 12.2 Å². The van der Waals surface area contributed by atoms with Crippen LogP contribution in [0.25, 0.3) is 6.08 Å². The van der Waals surface area contributed by atoms with Gasteiger partial charge in [-0.2, -0.15) is 0 Å². The maximum atomic E-state index is 13.4. The van der Waals surface area contributed by atoms with Crippen LogP contribution in [0, 0.1) is 5.82 Å². The molecule has 15 heavy (non-hydrogen) atoms.